The average Bonchev–Trinajstić information content (AvgIpc) is 2.42. The van der Waals surface area contributed by atoms with Gasteiger partial charge in [-0.05, 0) is 35.4 Å². The van der Waals surface area contributed by atoms with Crippen LogP contribution < -0.4 is 5.56 Å². The summed E-state index contributed by atoms with van der Waals surface area (Å²) in [6, 6.07) is 0. The number of halogens is 1. The highest BCUT2D eigenvalue weighted by Crippen LogP contribution is 2.34. The lowest BCUT2D eigenvalue weighted by atomic mass is 9.92. The highest BCUT2D eigenvalue weighted by molar-refractivity contribution is 14.1. The third-order valence-electron chi connectivity index (χ3n) is 3.59. The van der Waals surface area contributed by atoms with E-state index in [1.165, 1.54) is 0 Å². The molecule has 0 bridgehead atoms. The Bertz CT molecular complexity index is 516. The number of hydrogen-bond acceptors (Lipinski definition) is 4. The standard InChI is InChI=1S/C14H21IN2O3/c1-4-20-14(5-7-19-8-6-14)13-16-11(9(2)3)10(15)12(18)17-13/h9H,4-8H2,1-3H3,(H,16,17,18). The Labute approximate surface area is 132 Å². The number of aromatic nitrogens is 2. The van der Waals surface area contributed by atoms with Crippen LogP contribution in [0.2, 0.25) is 0 Å². The number of hydrogen-bond donors (Lipinski definition) is 1. The van der Waals surface area contributed by atoms with Crippen LogP contribution in [0.3, 0.4) is 0 Å². The largest absolute Gasteiger partial charge is 0.381 e. The number of H-pyrrole nitrogens is 1. The van der Waals surface area contributed by atoms with E-state index >= 15 is 0 Å². The van der Waals surface area contributed by atoms with Gasteiger partial charge in [0, 0.05) is 32.7 Å². The normalized spacial score (nSPS) is 18.4. The van der Waals surface area contributed by atoms with Gasteiger partial charge >= 0.3 is 0 Å². The van der Waals surface area contributed by atoms with Crippen molar-refractivity contribution in [3.63, 3.8) is 0 Å². The van der Waals surface area contributed by atoms with Gasteiger partial charge in [-0.25, -0.2) is 4.98 Å². The zero-order valence-corrected chi connectivity index (χ0v) is 14.3. The van der Waals surface area contributed by atoms with E-state index in [9.17, 15) is 4.79 Å². The average molecular weight is 392 g/mol. The molecule has 5 nitrogen and oxygen atoms in total. The van der Waals surface area contributed by atoms with Crippen molar-refractivity contribution in [3.05, 3.63) is 25.4 Å². The molecule has 0 aliphatic carbocycles. The molecule has 6 heteroatoms. The number of aromatic amines is 1. The van der Waals surface area contributed by atoms with Gasteiger partial charge in [-0.15, -0.1) is 0 Å². The van der Waals surface area contributed by atoms with Crippen LogP contribution in [0.1, 0.15) is 51.0 Å². The first kappa shape index (κ1) is 15.9. The smallest absolute Gasteiger partial charge is 0.264 e. The van der Waals surface area contributed by atoms with Gasteiger partial charge in [-0.2, -0.15) is 0 Å². The molecule has 2 heterocycles. The molecular weight excluding hydrogens is 371 g/mol. The van der Waals surface area contributed by atoms with E-state index in [4.69, 9.17) is 14.5 Å². The van der Waals surface area contributed by atoms with Crippen LogP contribution in [0.5, 0.6) is 0 Å². The summed E-state index contributed by atoms with van der Waals surface area (Å²) in [7, 11) is 0. The van der Waals surface area contributed by atoms with Crippen molar-refractivity contribution < 1.29 is 9.47 Å². The molecule has 1 saturated heterocycles. The maximum Gasteiger partial charge on any atom is 0.264 e. The minimum atomic E-state index is -0.514. The van der Waals surface area contributed by atoms with Gasteiger partial charge < -0.3 is 14.5 Å². The molecule has 0 saturated carbocycles. The first-order valence-electron chi connectivity index (χ1n) is 7.02. The third kappa shape index (κ3) is 3.07. The molecule has 1 aliphatic heterocycles. The number of nitrogens with zero attached hydrogens (tertiary/aromatic N) is 1. The molecule has 1 aromatic heterocycles. The Balaban J connectivity index is 2.51. The summed E-state index contributed by atoms with van der Waals surface area (Å²) in [5.74, 6) is 0.859. The number of rotatable bonds is 4. The minimum absolute atomic E-state index is 0.0788. The second-order valence-corrected chi connectivity index (χ2v) is 6.39. The SMILES string of the molecule is CCOC1(c2nc(C(C)C)c(I)c(=O)[nH]2)CCOCC1. The maximum absolute atomic E-state index is 12.2. The highest BCUT2D eigenvalue weighted by atomic mass is 127. The van der Waals surface area contributed by atoms with Gasteiger partial charge in [-0.1, -0.05) is 13.8 Å². The summed E-state index contributed by atoms with van der Waals surface area (Å²) in [6.45, 7) is 7.91. The van der Waals surface area contributed by atoms with Crippen molar-refractivity contribution in [3.8, 4) is 0 Å². The zero-order chi connectivity index (χ0) is 14.8. The number of ether oxygens (including phenoxy) is 2. The second-order valence-electron chi connectivity index (χ2n) is 5.31. The Hall–Kier alpha value is -0.470. The predicted octanol–water partition coefficient (Wildman–Crippen LogP) is 2.54. The van der Waals surface area contributed by atoms with Crippen LogP contribution in [0.25, 0.3) is 0 Å². The molecule has 0 spiro atoms. The fourth-order valence-corrected chi connectivity index (χ4v) is 3.38. The number of nitrogens with one attached hydrogen (secondary N) is 1. The van der Waals surface area contributed by atoms with E-state index in [2.05, 4.69) is 27.6 Å². The fourth-order valence-electron chi connectivity index (χ4n) is 2.50. The van der Waals surface area contributed by atoms with Gasteiger partial charge in [-0.3, -0.25) is 4.79 Å². The molecule has 1 aliphatic rings. The minimum Gasteiger partial charge on any atom is -0.381 e. The molecule has 20 heavy (non-hydrogen) atoms. The lowest BCUT2D eigenvalue weighted by molar-refractivity contribution is -0.118. The summed E-state index contributed by atoms with van der Waals surface area (Å²) in [5, 5.41) is 0. The van der Waals surface area contributed by atoms with Crippen molar-refractivity contribution >= 4 is 22.6 Å². The van der Waals surface area contributed by atoms with E-state index in [-0.39, 0.29) is 11.5 Å². The Morgan fingerprint density at radius 1 is 1.45 bits per heavy atom. The quantitative estimate of drug-likeness (QED) is 0.800. The Morgan fingerprint density at radius 3 is 2.65 bits per heavy atom. The van der Waals surface area contributed by atoms with Gasteiger partial charge in [0.25, 0.3) is 5.56 Å². The van der Waals surface area contributed by atoms with Crippen LogP contribution in [0, 0.1) is 3.57 Å². The van der Waals surface area contributed by atoms with Crippen molar-refractivity contribution in [1.29, 1.82) is 0 Å². The van der Waals surface area contributed by atoms with E-state index in [1.54, 1.807) is 0 Å². The van der Waals surface area contributed by atoms with E-state index in [1.807, 2.05) is 20.8 Å². The van der Waals surface area contributed by atoms with E-state index in [0.717, 1.165) is 18.5 Å². The molecule has 112 valence electrons. The molecule has 2 rings (SSSR count). The predicted molar refractivity (Wildman–Crippen MR) is 85.0 cm³/mol. The summed E-state index contributed by atoms with van der Waals surface area (Å²) < 4.78 is 12.1. The second kappa shape index (κ2) is 6.53. The van der Waals surface area contributed by atoms with Crippen molar-refractivity contribution in [2.75, 3.05) is 19.8 Å². The van der Waals surface area contributed by atoms with Crippen molar-refractivity contribution in [2.45, 2.75) is 45.1 Å². The van der Waals surface area contributed by atoms with Crippen LogP contribution in [-0.4, -0.2) is 29.8 Å². The maximum atomic E-state index is 12.2. The zero-order valence-electron chi connectivity index (χ0n) is 12.2. The van der Waals surface area contributed by atoms with Crippen LogP contribution in [0.4, 0.5) is 0 Å². The first-order chi connectivity index (χ1) is 9.50. The molecule has 0 radical (unpaired) electrons. The van der Waals surface area contributed by atoms with Crippen LogP contribution in [-0.2, 0) is 15.1 Å². The van der Waals surface area contributed by atoms with Gasteiger partial charge in [0.2, 0.25) is 0 Å². The molecular formula is C14H21IN2O3. The Morgan fingerprint density at radius 2 is 2.10 bits per heavy atom. The molecule has 0 unspecified atom stereocenters. The lowest BCUT2D eigenvalue weighted by Crippen LogP contribution is -2.40. The van der Waals surface area contributed by atoms with E-state index < -0.39 is 5.60 Å². The topological polar surface area (TPSA) is 64.2 Å². The summed E-state index contributed by atoms with van der Waals surface area (Å²) in [6.07, 6.45) is 1.45. The molecule has 1 fully saturated rings. The fraction of sp³-hybridized carbons (Fsp3) is 0.714. The van der Waals surface area contributed by atoms with Gasteiger partial charge in [0.1, 0.15) is 11.4 Å². The molecule has 0 atom stereocenters. The molecule has 1 aromatic rings. The molecule has 0 amide bonds. The monoisotopic (exact) mass is 392 g/mol. The van der Waals surface area contributed by atoms with E-state index in [0.29, 0.717) is 29.2 Å². The third-order valence-corrected chi connectivity index (χ3v) is 4.63. The van der Waals surface area contributed by atoms with Crippen molar-refractivity contribution in [2.24, 2.45) is 0 Å². The summed E-state index contributed by atoms with van der Waals surface area (Å²) >= 11 is 2.06. The van der Waals surface area contributed by atoms with Crippen molar-refractivity contribution in [1.82, 2.24) is 9.97 Å². The van der Waals surface area contributed by atoms with Crippen LogP contribution in [0.15, 0.2) is 4.79 Å². The summed E-state index contributed by atoms with van der Waals surface area (Å²) in [5.41, 5.74) is 0.250. The van der Waals surface area contributed by atoms with Gasteiger partial charge in [0.05, 0.1) is 9.26 Å². The molecule has 0 aromatic carbocycles. The highest BCUT2D eigenvalue weighted by Gasteiger charge is 2.38. The Kier molecular flexibility index (Phi) is 5.19. The first-order valence-corrected chi connectivity index (χ1v) is 8.10. The molecule has 1 N–H and O–H groups in total. The van der Waals surface area contributed by atoms with Crippen LogP contribution >= 0.6 is 22.6 Å². The lowest BCUT2D eigenvalue weighted by Gasteiger charge is -2.36. The van der Waals surface area contributed by atoms with Gasteiger partial charge in [0.15, 0.2) is 0 Å². The summed E-state index contributed by atoms with van der Waals surface area (Å²) in [4.78, 5) is 19.8.